The summed E-state index contributed by atoms with van der Waals surface area (Å²) < 4.78 is 16.7. The third kappa shape index (κ3) is 3.71. The van der Waals surface area contributed by atoms with E-state index in [4.69, 9.17) is 13.9 Å². The van der Waals surface area contributed by atoms with E-state index in [2.05, 4.69) is 0 Å². The van der Waals surface area contributed by atoms with E-state index >= 15 is 0 Å². The fourth-order valence-electron chi connectivity index (χ4n) is 3.22. The van der Waals surface area contributed by atoms with Crippen LogP contribution < -0.4 is 5.43 Å². The molecule has 3 rings (SSSR count). The van der Waals surface area contributed by atoms with Crippen LogP contribution in [0, 0.1) is 6.92 Å². The molecule has 2 aromatic carbocycles. The number of fused-ring (bicyclic) bond motifs is 1. The molecule has 3 aromatic rings. The number of rotatable bonds is 7. The van der Waals surface area contributed by atoms with Gasteiger partial charge in [-0.1, -0.05) is 42.5 Å². The van der Waals surface area contributed by atoms with Gasteiger partial charge in [-0.3, -0.25) is 4.79 Å². The monoisotopic (exact) mass is 352 g/mol. The Morgan fingerprint density at radius 3 is 2.42 bits per heavy atom. The minimum Gasteiger partial charge on any atom is -0.455 e. The van der Waals surface area contributed by atoms with Crippen molar-refractivity contribution in [2.24, 2.45) is 0 Å². The lowest BCUT2D eigenvalue weighted by atomic mass is 10.0. The third-order valence-electron chi connectivity index (χ3n) is 4.67. The molecule has 0 saturated heterocycles. The molecule has 1 aromatic heterocycles. The zero-order valence-electron chi connectivity index (χ0n) is 15.5. The highest BCUT2D eigenvalue weighted by atomic mass is 16.7. The topological polar surface area (TPSA) is 48.7 Å². The first-order valence-corrected chi connectivity index (χ1v) is 8.82. The van der Waals surface area contributed by atoms with Gasteiger partial charge in [-0.25, -0.2) is 0 Å². The summed E-state index contributed by atoms with van der Waals surface area (Å²) in [5.41, 5.74) is 3.28. The van der Waals surface area contributed by atoms with Gasteiger partial charge in [-0.05, 0) is 37.8 Å². The molecular weight excluding hydrogens is 328 g/mol. The van der Waals surface area contributed by atoms with Crippen LogP contribution in [0.4, 0.5) is 0 Å². The molecule has 0 atom stereocenters. The van der Waals surface area contributed by atoms with Crippen molar-refractivity contribution in [3.63, 3.8) is 0 Å². The Hall–Kier alpha value is -2.43. The van der Waals surface area contributed by atoms with Crippen molar-refractivity contribution in [3.8, 4) is 11.3 Å². The Morgan fingerprint density at radius 2 is 1.73 bits per heavy atom. The van der Waals surface area contributed by atoms with Gasteiger partial charge >= 0.3 is 0 Å². The Kier molecular flexibility index (Phi) is 5.86. The van der Waals surface area contributed by atoms with Crippen molar-refractivity contribution >= 4 is 11.0 Å². The number of para-hydroxylation sites is 1. The molecule has 0 aliphatic rings. The number of aryl methyl sites for hydroxylation is 1. The second kappa shape index (κ2) is 8.30. The van der Waals surface area contributed by atoms with Crippen LogP contribution in [0.2, 0.25) is 0 Å². The molecule has 0 aliphatic carbocycles. The van der Waals surface area contributed by atoms with Crippen LogP contribution in [0.5, 0.6) is 0 Å². The predicted octanol–water partition coefficient (Wildman–Crippen LogP) is 4.71. The molecule has 4 nitrogen and oxygen atoms in total. The number of hydrogen-bond acceptors (Lipinski definition) is 4. The summed E-state index contributed by atoms with van der Waals surface area (Å²) in [5.74, 6) is 0.641. The molecule has 0 radical (unpaired) electrons. The van der Waals surface area contributed by atoms with Crippen molar-refractivity contribution in [1.29, 1.82) is 0 Å². The van der Waals surface area contributed by atoms with Gasteiger partial charge in [0.15, 0.2) is 11.7 Å². The summed E-state index contributed by atoms with van der Waals surface area (Å²) in [6.07, 6.45) is 2.24. The first-order chi connectivity index (χ1) is 12.7. The van der Waals surface area contributed by atoms with Gasteiger partial charge in [0.05, 0.1) is 5.39 Å². The Morgan fingerprint density at radius 1 is 1.00 bits per heavy atom. The van der Waals surface area contributed by atoms with E-state index in [1.807, 2.05) is 55.5 Å². The molecule has 1 heterocycles. The summed E-state index contributed by atoms with van der Waals surface area (Å²) in [4.78, 5) is 12.8. The Bertz CT molecular complexity index is 924. The number of methoxy groups -OCH3 is 2. The van der Waals surface area contributed by atoms with Crippen LogP contribution >= 0.6 is 0 Å². The molecule has 0 spiro atoms. The molecule has 0 fully saturated rings. The van der Waals surface area contributed by atoms with Gasteiger partial charge in [0.1, 0.15) is 11.3 Å². The lowest BCUT2D eigenvalue weighted by Gasteiger charge is -2.13. The molecule has 0 aliphatic heterocycles. The maximum absolute atomic E-state index is 12.8. The molecule has 136 valence electrons. The highest BCUT2D eigenvalue weighted by Crippen LogP contribution is 2.28. The maximum Gasteiger partial charge on any atom is 0.196 e. The summed E-state index contributed by atoms with van der Waals surface area (Å²) in [5, 5.41) is 0.634. The lowest BCUT2D eigenvalue weighted by molar-refractivity contribution is -0.106. The zero-order valence-corrected chi connectivity index (χ0v) is 15.5. The average Bonchev–Trinajstić information content (AvgIpc) is 2.69. The van der Waals surface area contributed by atoms with Crippen LogP contribution in [-0.2, 0) is 15.9 Å². The van der Waals surface area contributed by atoms with Crippen molar-refractivity contribution in [2.75, 3.05) is 14.2 Å². The summed E-state index contributed by atoms with van der Waals surface area (Å²) >= 11 is 0. The SMILES string of the molecule is COC(CCCc1cccc2c(=O)c(C)c(-c3ccccc3)oc12)OC. The van der Waals surface area contributed by atoms with E-state index in [-0.39, 0.29) is 11.7 Å². The Balaban J connectivity index is 2.00. The van der Waals surface area contributed by atoms with Crippen LogP contribution in [0.25, 0.3) is 22.3 Å². The normalized spacial score (nSPS) is 11.4. The highest BCUT2D eigenvalue weighted by Gasteiger charge is 2.15. The van der Waals surface area contributed by atoms with Crippen molar-refractivity contribution in [1.82, 2.24) is 0 Å². The van der Waals surface area contributed by atoms with E-state index in [1.165, 1.54) is 0 Å². The van der Waals surface area contributed by atoms with Gasteiger partial charge in [0.25, 0.3) is 0 Å². The molecular formula is C22H24O4. The highest BCUT2D eigenvalue weighted by molar-refractivity contribution is 5.83. The molecule has 26 heavy (non-hydrogen) atoms. The number of ether oxygens (including phenoxy) is 2. The molecule has 0 N–H and O–H groups in total. The van der Waals surface area contributed by atoms with Crippen LogP contribution in [0.1, 0.15) is 24.0 Å². The first-order valence-electron chi connectivity index (χ1n) is 8.82. The number of hydrogen-bond donors (Lipinski definition) is 0. The maximum atomic E-state index is 12.8. The lowest BCUT2D eigenvalue weighted by Crippen LogP contribution is -2.13. The average molecular weight is 352 g/mol. The van der Waals surface area contributed by atoms with Gasteiger partial charge < -0.3 is 13.9 Å². The molecule has 0 amide bonds. The Labute approximate surface area is 153 Å². The second-order valence-corrected chi connectivity index (χ2v) is 6.34. The van der Waals surface area contributed by atoms with Gasteiger partial charge in [-0.2, -0.15) is 0 Å². The van der Waals surface area contributed by atoms with Crippen LogP contribution in [0.15, 0.2) is 57.7 Å². The quantitative estimate of drug-likeness (QED) is 0.578. The first kappa shape index (κ1) is 18.4. The smallest absolute Gasteiger partial charge is 0.196 e. The third-order valence-corrected chi connectivity index (χ3v) is 4.67. The fourth-order valence-corrected chi connectivity index (χ4v) is 3.22. The van der Waals surface area contributed by atoms with E-state index in [9.17, 15) is 4.79 Å². The predicted molar refractivity (Wildman–Crippen MR) is 103 cm³/mol. The summed E-state index contributed by atoms with van der Waals surface area (Å²) in [6, 6.07) is 15.5. The van der Waals surface area contributed by atoms with Gasteiger partial charge in [-0.15, -0.1) is 0 Å². The van der Waals surface area contributed by atoms with E-state index in [0.29, 0.717) is 22.3 Å². The minimum atomic E-state index is -0.209. The largest absolute Gasteiger partial charge is 0.455 e. The summed E-state index contributed by atoms with van der Waals surface area (Å²) in [7, 11) is 3.28. The van der Waals surface area contributed by atoms with E-state index < -0.39 is 0 Å². The van der Waals surface area contributed by atoms with Crippen molar-refractivity contribution < 1.29 is 13.9 Å². The minimum absolute atomic E-state index is 0.0265. The second-order valence-electron chi connectivity index (χ2n) is 6.34. The number of benzene rings is 2. The van der Waals surface area contributed by atoms with Crippen LogP contribution in [-0.4, -0.2) is 20.5 Å². The zero-order chi connectivity index (χ0) is 18.5. The molecule has 0 bridgehead atoms. The van der Waals surface area contributed by atoms with E-state index in [1.54, 1.807) is 14.2 Å². The summed E-state index contributed by atoms with van der Waals surface area (Å²) in [6.45, 7) is 1.82. The fraction of sp³-hybridized carbons (Fsp3) is 0.318. The molecule has 0 unspecified atom stereocenters. The van der Waals surface area contributed by atoms with Crippen LogP contribution in [0.3, 0.4) is 0 Å². The molecule has 0 saturated carbocycles. The standard InChI is InChI=1S/C22H24O4/c1-15-20(23)18-13-7-11-17(12-8-14-19(24-2)25-3)22(18)26-21(15)16-9-5-4-6-10-16/h4-7,9-11,13,19H,8,12,14H2,1-3H3. The van der Waals surface area contributed by atoms with Crippen molar-refractivity contribution in [3.05, 3.63) is 69.9 Å². The van der Waals surface area contributed by atoms with E-state index in [0.717, 1.165) is 30.4 Å². The van der Waals surface area contributed by atoms with Gasteiger partial charge in [0.2, 0.25) is 0 Å². The van der Waals surface area contributed by atoms with Crippen molar-refractivity contribution in [2.45, 2.75) is 32.5 Å². The molecule has 4 heteroatoms. The van der Waals surface area contributed by atoms with Gasteiger partial charge in [0, 0.05) is 25.3 Å².